The molecular formula is C14H10F3N5. The number of aromatic nitrogens is 5. The van der Waals surface area contributed by atoms with E-state index in [0.717, 1.165) is 12.1 Å². The van der Waals surface area contributed by atoms with E-state index in [1.807, 2.05) is 0 Å². The van der Waals surface area contributed by atoms with E-state index < -0.39 is 11.7 Å². The summed E-state index contributed by atoms with van der Waals surface area (Å²) >= 11 is 0. The fourth-order valence-corrected chi connectivity index (χ4v) is 2.16. The number of nitrogens with one attached hydrogen (secondary N) is 1. The van der Waals surface area contributed by atoms with E-state index in [2.05, 4.69) is 25.6 Å². The lowest BCUT2D eigenvalue weighted by Crippen LogP contribution is -2.05. The fraction of sp³-hybridized carbons (Fsp3) is 0.143. The molecule has 0 aliphatic carbocycles. The van der Waals surface area contributed by atoms with Crippen LogP contribution >= 0.6 is 0 Å². The largest absolute Gasteiger partial charge is 0.416 e. The van der Waals surface area contributed by atoms with Crippen LogP contribution in [0.1, 0.15) is 11.1 Å². The topological polar surface area (TPSA) is 67.3 Å². The molecule has 0 saturated heterocycles. The summed E-state index contributed by atoms with van der Waals surface area (Å²) in [7, 11) is 0. The minimum Gasteiger partial charge on any atom is -0.263 e. The molecule has 0 aliphatic rings. The van der Waals surface area contributed by atoms with Crippen LogP contribution in [0.4, 0.5) is 13.2 Å². The highest BCUT2D eigenvalue weighted by Gasteiger charge is 2.30. The van der Waals surface area contributed by atoms with Crippen molar-refractivity contribution in [1.29, 1.82) is 0 Å². The molecule has 8 heteroatoms. The maximum absolute atomic E-state index is 12.7. The summed E-state index contributed by atoms with van der Waals surface area (Å²) in [5.74, 6) is 0.374. The van der Waals surface area contributed by atoms with Gasteiger partial charge in [-0.1, -0.05) is 6.07 Å². The number of nitrogens with zero attached hydrogens (tertiary/aromatic N) is 4. The van der Waals surface area contributed by atoms with E-state index in [-0.39, 0.29) is 0 Å². The minimum absolute atomic E-state index is 0.374. The van der Waals surface area contributed by atoms with Gasteiger partial charge in [-0.05, 0) is 41.5 Å². The molecule has 5 nitrogen and oxygen atoms in total. The van der Waals surface area contributed by atoms with Gasteiger partial charge < -0.3 is 0 Å². The normalized spacial score (nSPS) is 11.6. The molecule has 0 saturated carbocycles. The van der Waals surface area contributed by atoms with Crippen molar-refractivity contribution in [3.8, 4) is 22.5 Å². The van der Waals surface area contributed by atoms with Gasteiger partial charge in [-0.3, -0.25) is 4.98 Å². The number of pyridine rings is 1. The van der Waals surface area contributed by atoms with Gasteiger partial charge in [0.1, 0.15) is 0 Å². The van der Waals surface area contributed by atoms with Crippen LogP contribution < -0.4 is 0 Å². The highest BCUT2D eigenvalue weighted by molar-refractivity contribution is 5.71. The Morgan fingerprint density at radius 1 is 1.05 bits per heavy atom. The molecule has 22 heavy (non-hydrogen) atoms. The molecule has 112 valence electrons. The number of aryl methyl sites for hydroxylation is 1. The van der Waals surface area contributed by atoms with E-state index in [1.54, 1.807) is 25.4 Å². The standard InChI is InChI=1S/C14H10F3N5/c1-8-4-11(14(15,16)17)2-3-12(8)9-5-10(7-18-6-9)13-19-21-22-20-13/h2-7H,1H3,(H,19,20,21,22). The summed E-state index contributed by atoms with van der Waals surface area (Å²) in [6, 6.07) is 5.38. The Morgan fingerprint density at radius 2 is 1.82 bits per heavy atom. The Labute approximate surface area is 123 Å². The maximum Gasteiger partial charge on any atom is 0.416 e. The van der Waals surface area contributed by atoms with Crippen molar-refractivity contribution in [2.45, 2.75) is 13.1 Å². The second-order valence-corrected chi connectivity index (χ2v) is 4.73. The molecule has 0 aliphatic heterocycles. The SMILES string of the molecule is Cc1cc(C(F)(F)F)ccc1-c1cncc(-c2nn[nH]n2)c1. The van der Waals surface area contributed by atoms with Crippen LogP contribution in [0.25, 0.3) is 22.5 Å². The molecule has 2 aromatic heterocycles. The lowest BCUT2D eigenvalue weighted by Gasteiger charge is -2.11. The minimum atomic E-state index is -4.35. The first kappa shape index (κ1) is 14.2. The Balaban J connectivity index is 2.03. The van der Waals surface area contributed by atoms with Gasteiger partial charge in [0.2, 0.25) is 5.82 Å². The summed E-state index contributed by atoms with van der Waals surface area (Å²) in [6.07, 6.45) is -1.21. The number of aromatic amines is 1. The van der Waals surface area contributed by atoms with Gasteiger partial charge in [0, 0.05) is 23.5 Å². The smallest absolute Gasteiger partial charge is 0.263 e. The number of hydrogen-bond acceptors (Lipinski definition) is 4. The van der Waals surface area contributed by atoms with Crippen LogP contribution in [0, 0.1) is 6.92 Å². The number of benzene rings is 1. The van der Waals surface area contributed by atoms with Gasteiger partial charge >= 0.3 is 6.18 Å². The zero-order chi connectivity index (χ0) is 15.7. The van der Waals surface area contributed by atoms with Gasteiger partial charge in [0.05, 0.1) is 5.56 Å². The first-order valence-corrected chi connectivity index (χ1v) is 6.32. The Morgan fingerprint density at radius 3 is 2.45 bits per heavy atom. The zero-order valence-electron chi connectivity index (χ0n) is 11.4. The number of tetrazole rings is 1. The molecule has 0 amide bonds. The quantitative estimate of drug-likeness (QED) is 0.789. The van der Waals surface area contributed by atoms with Gasteiger partial charge in [-0.15, -0.1) is 10.2 Å². The molecule has 0 bridgehead atoms. The van der Waals surface area contributed by atoms with Crippen molar-refractivity contribution in [1.82, 2.24) is 25.6 Å². The number of halogens is 3. The summed E-state index contributed by atoms with van der Waals surface area (Å²) in [5.41, 5.74) is 1.84. The predicted molar refractivity (Wildman–Crippen MR) is 72.6 cm³/mol. The monoisotopic (exact) mass is 305 g/mol. The van der Waals surface area contributed by atoms with Gasteiger partial charge in [0.15, 0.2) is 0 Å². The molecule has 1 N–H and O–H groups in total. The first-order chi connectivity index (χ1) is 10.4. The van der Waals surface area contributed by atoms with Crippen LogP contribution in [0.3, 0.4) is 0 Å². The van der Waals surface area contributed by atoms with Crippen molar-refractivity contribution < 1.29 is 13.2 Å². The summed E-state index contributed by atoms with van der Waals surface area (Å²) in [6.45, 7) is 1.63. The van der Waals surface area contributed by atoms with Crippen molar-refractivity contribution in [2.24, 2.45) is 0 Å². The molecule has 0 radical (unpaired) electrons. The van der Waals surface area contributed by atoms with E-state index in [1.165, 1.54) is 6.07 Å². The number of rotatable bonds is 2. The molecular weight excluding hydrogens is 295 g/mol. The molecule has 0 atom stereocenters. The first-order valence-electron chi connectivity index (χ1n) is 6.32. The van der Waals surface area contributed by atoms with E-state index in [9.17, 15) is 13.2 Å². The molecule has 1 aromatic carbocycles. The van der Waals surface area contributed by atoms with Crippen LogP contribution in [0.5, 0.6) is 0 Å². The molecule has 0 unspecified atom stereocenters. The second kappa shape index (κ2) is 5.21. The summed E-state index contributed by atoms with van der Waals surface area (Å²) < 4.78 is 38.1. The average Bonchev–Trinajstić information content (AvgIpc) is 3.00. The third-order valence-corrected chi connectivity index (χ3v) is 3.21. The van der Waals surface area contributed by atoms with E-state index in [0.29, 0.717) is 28.1 Å². The Hall–Kier alpha value is -2.77. The molecule has 0 fully saturated rings. The number of H-pyrrole nitrogens is 1. The lowest BCUT2D eigenvalue weighted by atomic mass is 9.98. The Bertz CT molecular complexity index is 796. The van der Waals surface area contributed by atoms with Crippen LogP contribution in [-0.4, -0.2) is 25.6 Å². The molecule has 2 heterocycles. The third kappa shape index (κ3) is 2.67. The predicted octanol–water partition coefficient (Wildman–Crippen LogP) is 3.26. The maximum atomic E-state index is 12.7. The zero-order valence-corrected chi connectivity index (χ0v) is 11.4. The van der Waals surface area contributed by atoms with Gasteiger partial charge in [0.25, 0.3) is 0 Å². The third-order valence-electron chi connectivity index (χ3n) is 3.21. The van der Waals surface area contributed by atoms with Crippen molar-refractivity contribution in [3.05, 3.63) is 47.8 Å². The number of hydrogen-bond donors (Lipinski definition) is 1. The van der Waals surface area contributed by atoms with Gasteiger partial charge in [-0.25, -0.2) is 0 Å². The fourth-order valence-electron chi connectivity index (χ4n) is 2.16. The molecule has 0 spiro atoms. The van der Waals surface area contributed by atoms with Crippen molar-refractivity contribution >= 4 is 0 Å². The van der Waals surface area contributed by atoms with Crippen molar-refractivity contribution in [2.75, 3.05) is 0 Å². The van der Waals surface area contributed by atoms with E-state index in [4.69, 9.17) is 0 Å². The Kier molecular flexibility index (Phi) is 3.36. The lowest BCUT2D eigenvalue weighted by molar-refractivity contribution is -0.137. The number of alkyl halides is 3. The summed E-state index contributed by atoms with van der Waals surface area (Å²) in [5, 5.41) is 13.5. The summed E-state index contributed by atoms with van der Waals surface area (Å²) in [4.78, 5) is 4.09. The second-order valence-electron chi connectivity index (χ2n) is 4.73. The highest BCUT2D eigenvalue weighted by Crippen LogP contribution is 2.33. The van der Waals surface area contributed by atoms with E-state index >= 15 is 0 Å². The highest BCUT2D eigenvalue weighted by atomic mass is 19.4. The van der Waals surface area contributed by atoms with Crippen molar-refractivity contribution in [3.63, 3.8) is 0 Å². The van der Waals surface area contributed by atoms with Crippen LogP contribution in [-0.2, 0) is 6.18 Å². The van der Waals surface area contributed by atoms with Crippen LogP contribution in [0.15, 0.2) is 36.7 Å². The van der Waals surface area contributed by atoms with Crippen LogP contribution in [0.2, 0.25) is 0 Å². The molecule has 3 aromatic rings. The molecule has 3 rings (SSSR count). The average molecular weight is 305 g/mol. The van der Waals surface area contributed by atoms with Gasteiger partial charge in [-0.2, -0.15) is 18.4 Å².